The zero-order valence-electron chi connectivity index (χ0n) is 34.7. The van der Waals surface area contributed by atoms with Crippen LogP contribution in [0, 0.1) is 25.2 Å². The zero-order valence-corrected chi connectivity index (χ0v) is 35.5. The van der Waals surface area contributed by atoms with E-state index >= 15 is 4.79 Å². The number of methoxy groups -OCH3 is 2. The van der Waals surface area contributed by atoms with E-state index in [4.69, 9.17) is 28.4 Å². The van der Waals surface area contributed by atoms with Crippen molar-refractivity contribution in [3.8, 4) is 29.1 Å². The Bertz CT molecular complexity index is 2430. The number of thioether (sulfide) groups is 1. The molecule has 59 heavy (non-hydrogen) atoms. The number of piperazine rings is 1. The second-order valence-corrected chi connectivity index (χ2v) is 19.1. The number of fused-ring (bicyclic) bond motifs is 10. The maximum atomic E-state index is 15.5. The first-order valence-corrected chi connectivity index (χ1v) is 21.2. The smallest absolute Gasteiger partial charge is 0.411 e. The molecule has 2 aromatic rings. The Morgan fingerprint density at radius 1 is 1.14 bits per heavy atom. The summed E-state index contributed by atoms with van der Waals surface area (Å²) in [4.78, 5) is 34.0. The molecule has 10 rings (SSSR count). The number of quaternary nitrogens is 1. The number of nitrogens with zero attached hydrogens (tertiary/aromatic N) is 4. The number of aliphatic hydroxyl groups is 1. The number of carbonyl (C=O) groups excluding carboxylic acids is 2. The monoisotopic (exact) mass is 825 g/mol. The SMILES string of the molecule is COc1cc2c(cc1O)CCN(C)[C@]21CS[C@@H]2c3c(C)c(C)c4c(c3C3=C(OC1=O)[N+]31C2C2C3=C(C=C(C)C(OC)C3O)C[C@@H]([C@@H]1C#N)N2C(=O)OC(C)(C)C)OCO4. The van der Waals surface area contributed by atoms with E-state index in [1.165, 1.54) is 7.11 Å². The van der Waals surface area contributed by atoms with Gasteiger partial charge in [-0.1, -0.05) is 6.08 Å². The highest BCUT2D eigenvalue weighted by atomic mass is 32.2. The van der Waals surface area contributed by atoms with E-state index in [0.717, 1.165) is 39.0 Å². The Morgan fingerprint density at radius 3 is 2.58 bits per heavy atom. The molecule has 0 aromatic heterocycles. The van der Waals surface area contributed by atoms with Crippen LogP contribution in [0.1, 0.15) is 72.7 Å². The second kappa shape index (κ2) is 12.7. The molecule has 1 amide bonds. The van der Waals surface area contributed by atoms with Crippen molar-refractivity contribution in [1.29, 1.82) is 5.26 Å². The van der Waals surface area contributed by atoms with Crippen molar-refractivity contribution in [3.63, 3.8) is 0 Å². The molecule has 5 unspecified atom stereocenters. The molecule has 2 N–H and O–H groups in total. The highest BCUT2D eigenvalue weighted by Crippen LogP contribution is 2.73. The number of hydrogen-bond acceptors (Lipinski definition) is 13. The van der Waals surface area contributed by atoms with Gasteiger partial charge >= 0.3 is 17.9 Å². The lowest BCUT2D eigenvalue weighted by Crippen LogP contribution is -2.76. The third-order valence-electron chi connectivity index (χ3n) is 14.1. The fourth-order valence-corrected chi connectivity index (χ4v) is 13.4. The minimum atomic E-state index is -1.34. The summed E-state index contributed by atoms with van der Waals surface area (Å²) < 4.78 is 36.9. The van der Waals surface area contributed by atoms with Crippen LogP contribution in [0.5, 0.6) is 23.0 Å². The third-order valence-corrected chi connectivity index (χ3v) is 15.6. The van der Waals surface area contributed by atoms with E-state index < -0.39 is 64.8 Å². The fourth-order valence-electron chi connectivity index (χ4n) is 11.5. The van der Waals surface area contributed by atoms with Crippen LogP contribution >= 0.6 is 11.8 Å². The molecule has 0 radical (unpaired) electrons. The molecule has 7 heterocycles. The average Bonchev–Trinajstić information content (AvgIpc) is 3.52. The molecule has 8 aliphatic rings. The Labute approximate surface area is 347 Å². The van der Waals surface area contributed by atoms with Gasteiger partial charge in [0.15, 0.2) is 28.5 Å². The number of ether oxygens (including phenoxy) is 6. The van der Waals surface area contributed by atoms with Crippen molar-refractivity contribution in [2.45, 2.75) is 107 Å². The Morgan fingerprint density at radius 2 is 1.88 bits per heavy atom. The van der Waals surface area contributed by atoms with Crippen LogP contribution in [-0.2, 0) is 31.0 Å². The van der Waals surface area contributed by atoms with Crippen LogP contribution in [-0.4, -0.2) is 119 Å². The number of esters is 1. The summed E-state index contributed by atoms with van der Waals surface area (Å²) in [5, 5.41) is 34.4. The van der Waals surface area contributed by atoms with Crippen molar-refractivity contribution in [1.82, 2.24) is 9.80 Å². The van der Waals surface area contributed by atoms with Crippen LogP contribution in [0.2, 0.25) is 0 Å². The second-order valence-electron chi connectivity index (χ2n) is 18.0. The minimum absolute atomic E-state index is 0.0147. The largest absolute Gasteiger partial charge is 0.504 e. The van der Waals surface area contributed by atoms with Crippen LogP contribution in [0.3, 0.4) is 0 Å². The summed E-state index contributed by atoms with van der Waals surface area (Å²) >= 11 is 1.57. The number of aromatic hydroxyl groups is 1. The normalized spacial score (nSPS) is 33.6. The van der Waals surface area contributed by atoms with Gasteiger partial charge in [0.05, 0.1) is 17.9 Å². The Balaban J connectivity index is 1.28. The van der Waals surface area contributed by atoms with Crippen LogP contribution < -0.4 is 14.2 Å². The number of phenolic OH excluding ortho intramolecular Hbond substituents is 1. The van der Waals surface area contributed by atoms with Crippen molar-refractivity contribution in [2.75, 3.05) is 40.4 Å². The van der Waals surface area contributed by atoms with Gasteiger partial charge in [-0.3, -0.25) is 9.80 Å². The molecule has 2 fully saturated rings. The van der Waals surface area contributed by atoms with E-state index in [2.05, 4.69) is 13.0 Å². The highest BCUT2D eigenvalue weighted by molar-refractivity contribution is 7.99. The first-order chi connectivity index (χ1) is 28.1. The molecular formula is C44H49N4O10S+. The van der Waals surface area contributed by atoms with E-state index in [9.17, 15) is 20.3 Å². The number of likely N-dealkylation sites (N-methyl/N-ethyl adjacent to an activating group) is 1. The maximum Gasteiger partial charge on any atom is 0.411 e. The number of phenols is 1. The Hall–Kier alpha value is -4.72. The predicted molar refractivity (Wildman–Crippen MR) is 214 cm³/mol. The molecular weight excluding hydrogens is 777 g/mol. The standard InChI is InChI=1S/C44H48N4O10S/c1-19-12-23-13-25-26(16-45)48-33-31-29(20(2)21(3)37-38(31)56-18-55-37)39(34(48)32(30(23)35(50)36(19)54-9)47(25)42(52)58-43(4,5)6)59-17-44(41(51)57-40(33)48)24-15-28(53-8)27(49)14-22(24)10-11-46(44)7/h12,14-15,25-26,32,34-36,39,50H,10-11,13,17-18H2,1-9H3/p+1/t25-,26-,32?,34?,35?,36?,39+,44+,48?/m0/s1. The van der Waals surface area contributed by atoms with Gasteiger partial charge < -0.3 is 38.6 Å². The highest BCUT2D eigenvalue weighted by Gasteiger charge is 2.83. The predicted octanol–water partition coefficient (Wildman–Crippen LogP) is 5.22. The van der Waals surface area contributed by atoms with E-state index in [1.54, 1.807) is 35.9 Å². The quantitative estimate of drug-likeness (QED) is 0.300. The molecule has 15 heteroatoms. The van der Waals surface area contributed by atoms with E-state index in [0.29, 0.717) is 47.2 Å². The minimum Gasteiger partial charge on any atom is -0.504 e. The van der Waals surface area contributed by atoms with Crippen LogP contribution in [0.15, 0.2) is 40.8 Å². The molecule has 2 spiro atoms. The summed E-state index contributed by atoms with van der Waals surface area (Å²) in [6.07, 6.45) is 0.502. The molecule has 0 saturated carbocycles. The first-order valence-electron chi connectivity index (χ1n) is 20.1. The Kier molecular flexibility index (Phi) is 8.25. The lowest BCUT2D eigenvalue weighted by Gasteiger charge is -2.59. The van der Waals surface area contributed by atoms with Gasteiger partial charge in [-0.25, -0.2) is 9.59 Å². The van der Waals surface area contributed by atoms with Gasteiger partial charge in [0, 0.05) is 25.8 Å². The number of hydrogen-bond donors (Lipinski definition) is 2. The van der Waals surface area contributed by atoms with Crippen LogP contribution in [0.25, 0.3) is 5.70 Å². The van der Waals surface area contributed by atoms with Gasteiger partial charge in [0.1, 0.15) is 42.0 Å². The van der Waals surface area contributed by atoms with Crippen LogP contribution in [0.4, 0.5) is 4.79 Å². The summed E-state index contributed by atoms with van der Waals surface area (Å²) in [6.45, 7) is 12.0. The van der Waals surface area contributed by atoms with Crippen molar-refractivity contribution >= 4 is 29.5 Å². The number of rotatable bonds is 2. The van der Waals surface area contributed by atoms with Crippen molar-refractivity contribution < 1.29 is 52.7 Å². The van der Waals surface area contributed by atoms with Crippen molar-refractivity contribution in [3.05, 3.63) is 74.2 Å². The molecule has 14 nitrogen and oxygen atoms in total. The number of nitriles is 1. The summed E-state index contributed by atoms with van der Waals surface area (Å²) in [5.74, 6) is 1.40. The van der Waals surface area contributed by atoms with Gasteiger partial charge in [-0.2, -0.15) is 9.74 Å². The van der Waals surface area contributed by atoms with E-state index in [1.807, 2.05) is 52.6 Å². The molecule has 1 aliphatic carbocycles. The molecule has 2 saturated heterocycles. The number of amides is 1. The summed E-state index contributed by atoms with van der Waals surface area (Å²) in [5.41, 5.74) is 5.84. The molecule has 310 valence electrons. The zero-order chi connectivity index (χ0) is 41.8. The number of carbonyl (C=O) groups is 2. The molecule has 4 bridgehead atoms. The maximum absolute atomic E-state index is 15.5. The van der Waals surface area contributed by atoms with Gasteiger partial charge in [0.25, 0.3) is 5.70 Å². The first kappa shape index (κ1) is 38.5. The number of benzene rings is 2. The van der Waals surface area contributed by atoms with E-state index in [-0.39, 0.29) is 34.9 Å². The van der Waals surface area contributed by atoms with Gasteiger partial charge in [-0.15, -0.1) is 11.8 Å². The molecule has 9 atom stereocenters. The topological polar surface area (TPSA) is 160 Å². The third kappa shape index (κ3) is 4.78. The summed E-state index contributed by atoms with van der Waals surface area (Å²) in [6, 6.07) is 2.91. The number of allylic oxidation sites excluding steroid dienone is 1. The number of aliphatic hydroxyl groups excluding tert-OH is 1. The fraction of sp³-hybridized carbons (Fsp3) is 0.523. The van der Waals surface area contributed by atoms with Gasteiger partial charge in [0.2, 0.25) is 12.8 Å². The lowest BCUT2D eigenvalue weighted by molar-refractivity contribution is -0.837. The summed E-state index contributed by atoms with van der Waals surface area (Å²) in [7, 11) is 4.96. The lowest BCUT2D eigenvalue weighted by atomic mass is 9.69. The van der Waals surface area contributed by atoms with Gasteiger partial charge in [-0.05, 0) is 112 Å². The average molecular weight is 826 g/mol. The van der Waals surface area contributed by atoms with Crippen molar-refractivity contribution in [2.24, 2.45) is 0 Å². The molecule has 7 aliphatic heterocycles. The molecule has 2 aromatic carbocycles.